The lowest BCUT2D eigenvalue weighted by atomic mass is 9.85. The fraction of sp³-hybridized carbons (Fsp3) is 0.737. The van der Waals surface area contributed by atoms with Gasteiger partial charge in [0, 0.05) is 49.7 Å². The fourth-order valence-corrected chi connectivity index (χ4v) is 4.59. The molecule has 1 saturated carbocycles. The van der Waals surface area contributed by atoms with E-state index in [9.17, 15) is 4.79 Å². The number of aliphatic imine (C=N–C) groups is 1. The monoisotopic (exact) mass is 521 g/mol. The molecule has 1 aliphatic carbocycles. The number of nitrogens with zero attached hydrogens (tertiary/aromatic N) is 3. The predicted molar refractivity (Wildman–Crippen MR) is 124 cm³/mol. The summed E-state index contributed by atoms with van der Waals surface area (Å²) in [5.74, 6) is 4.30. The number of carbonyl (C=O) groups excluding carboxylic acids is 1. The minimum Gasteiger partial charge on any atom is -0.359 e. The Balaban J connectivity index is 0.00000280. The molecule has 2 N–H and O–H groups in total. The molecule has 0 atom stereocenters. The first-order chi connectivity index (χ1) is 13.2. The van der Waals surface area contributed by atoms with E-state index in [1.165, 1.54) is 0 Å². The molecule has 28 heavy (non-hydrogen) atoms. The van der Waals surface area contributed by atoms with Crippen molar-refractivity contribution in [2.45, 2.75) is 51.6 Å². The first kappa shape index (κ1) is 23.3. The predicted octanol–water partition coefficient (Wildman–Crippen LogP) is 2.65. The Morgan fingerprint density at radius 2 is 2.04 bits per heavy atom. The number of thioether (sulfide) groups is 1. The summed E-state index contributed by atoms with van der Waals surface area (Å²) in [7, 11) is 1.77. The van der Waals surface area contributed by atoms with Crippen LogP contribution in [0.1, 0.15) is 44.1 Å². The van der Waals surface area contributed by atoms with Crippen molar-refractivity contribution < 1.29 is 9.32 Å². The zero-order valence-electron chi connectivity index (χ0n) is 16.8. The SMILES string of the molecule is CCc1cc(CNC(=NC)NC2CCC(C(=O)N3CCSCC3)CC2)on1.I. The number of aryl methyl sites for hydroxylation is 1. The van der Waals surface area contributed by atoms with Crippen molar-refractivity contribution in [3.05, 3.63) is 17.5 Å². The van der Waals surface area contributed by atoms with E-state index in [1.54, 1.807) is 7.05 Å². The molecule has 1 aromatic rings. The summed E-state index contributed by atoms with van der Waals surface area (Å²) < 4.78 is 5.30. The molecule has 1 aliphatic heterocycles. The molecule has 0 unspecified atom stereocenters. The molecule has 7 nitrogen and oxygen atoms in total. The van der Waals surface area contributed by atoms with Crippen LogP contribution in [0.5, 0.6) is 0 Å². The highest BCUT2D eigenvalue weighted by atomic mass is 127. The van der Waals surface area contributed by atoms with Crippen LogP contribution in [0, 0.1) is 5.92 Å². The first-order valence-corrected chi connectivity index (χ1v) is 11.1. The van der Waals surface area contributed by atoms with Gasteiger partial charge in [-0.05, 0) is 32.1 Å². The van der Waals surface area contributed by atoms with E-state index in [2.05, 4.69) is 32.6 Å². The third kappa shape index (κ3) is 6.53. The van der Waals surface area contributed by atoms with Crippen LogP contribution >= 0.6 is 35.7 Å². The molecule has 2 fully saturated rings. The van der Waals surface area contributed by atoms with E-state index in [-0.39, 0.29) is 29.9 Å². The molecule has 2 aliphatic rings. The van der Waals surface area contributed by atoms with Gasteiger partial charge < -0.3 is 20.1 Å². The Labute approximate surface area is 188 Å². The molecule has 0 spiro atoms. The highest BCUT2D eigenvalue weighted by molar-refractivity contribution is 14.0. The molecule has 1 amide bonds. The largest absolute Gasteiger partial charge is 0.359 e. The van der Waals surface area contributed by atoms with Gasteiger partial charge in [-0.2, -0.15) is 11.8 Å². The zero-order valence-corrected chi connectivity index (χ0v) is 19.9. The first-order valence-electron chi connectivity index (χ1n) is 9.97. The van der Waals surface area contributed by atoms with Crippen LogP contribution in [0.2, 0.25) is 0 Å². The highest BCUT2D eigenvalue weighted by Crippen LogP contribution is 2.27. The molecule has 0 aromatic carbocycles. The number of hydrogen-bond acceptors (Lipinski definition) is 5. The summed E-state index contributed by atoms with van der Waals surface area (Å²) in [6, 6.07) is 2.33. The second kappa shape index (κ2) is 11.9. The Bertz CT molecular complexity index is 640. The van der Waals surface area contributed by atoms with Gasteiger partial charge in [-0.1, -0.05) is 12.1 Å². The number of amides is 1. The van der Waals surface area contributed by atoms with Gasteiger partial charge in [0.15, 0.2) is 11.7 Å². The van der Waals surface area contributed by atoms with Gasteiger partial charge in [-0.25, -0.2) is 0 Å². The van der Waals surface area contributed by atoms with Crippen LogP contribution in [0.3, 0.4) is 0 Å². The van der Waals surface area contributed by atoms with Crippen LogP contribution in [-0.4, -0.2) is 59.6 Å². The smallest absolute Gasteiger partial charge is 0.225 e. The van der Waals surface area contributed by atoms with Gasteiger partial charge in [0.2, 0.25) is 5.91 Å². The van der Waals surface area contributed by atoms with Crippen molar-refractivity contribution in [3.63, 3.8) is 0 Å². The van der Waals surface area contributed by atoms with Crippen LogP contribution < -0.4 is 10.6 Å². The van der Waals surface area contributed by atoms with Crippen molar-refractivity contribution in [3.8, 4) is 0 Å². The number of halogens is 1. The van der Waals surface area contributed by atoms with Gasteiger partial charge >= 0.3 is 0 Å². The Hall–Kier alpha value is -0.970. The summed E-state index contributed by atoms with van der Waals surface area (Å²) in [6.07, 6.45) is 4.79. The lowest BCUT2D eigenvalue weighted by Gasteiger charge is -2.34. The quantitative estimate of drug-likeness (QED) is 0.352. The topological polar surface area (TPSA) is 82.8 Å². The Morgan fingerprint density at radius 1 is 1.32 bits per heavy atom. The maximum absolute atomic E-state index is 12.7. The van der Waals surface area contributed by atoms with Gasteiger partial charge in [0.25, 0.3) is 0 Å². The zero-order chi connectivity index (χ0) is 19.1. The maximum Gasteiger partial charge on any atom is 0.225 e. The van der Waals surface area contributed by atoms with Crippen LogP contribution in [0.25, 0.3) is 0 Å². The fourth-order valence-electron chi connectivity index (χ4n) is 3.69. The summed E-state index contributed by atoms with van der Waals surface area (Å²) in [5, 5.41) is 10.8. The summed E-state index contributed by atoms with van der Waals surface area (Å²) in [6.45, 7) is 4.45. The molecule has 3 rings (SSSR count). The molecule has 1 saturated heterocycles. The summed E-state index contributed by atoms with van der Waals surface area (Å²) >= 11 is 1.94. The van der Waals surface area contributed by atoms with Crippen molar-refractivity contribution in [2.24, 2.45) is 10.9 Å². The average molecular weight is 521 g/mol. The minimum absolute atomic E-state index is 0. The molecule has 2 heterocycles. The number of rotatable bonds is 5. The summed E-state index contributed by atoms with van der Waals surface area (Å²) in [4.78, 5) is 19.0. The summed E-state index contributed by atoms with van der Waals surface area (Å²) in [5.41, 5.74) is 0.963. The van der Waals surface area contributed by atoms with Crippen molar-refractivity contribution in [1.82, 2.24) is 20.7 Å². The van der Waals surface area contributed by atoms with Crippen LogP contribution in [-0.2, 0) is 17.8 Å². The van der Waals surface area contributed by atoms with Gasteiger partial charge in [-0.3, -0.25) is 9.79 Å². The van der Waals surface area contributed by atoms with Gasteiger partial charge in [0.05, 0.1) is 12.2 Å². The van der Waals surface area contributed by atoms with E-state index in [0.717, 1.165) is 74.1 Å². The standard InChI is InChI=1S/C19H31N5O2S.HI/c1-3-15-12-17(26-23-15)13-21-19(20-2)22-16-6-4-14(5-7-16)18(25)24-8-10-27-11-9-24;/h12,14,16H,3-11,13H2,1-2H3,(H2,20,21,22);1H. The van der Waals surface area contributed by atoms with E-state index in [0.29, 0.717) is 18.5 Å². The normalized spacial score (nSPS) is 23.1. The maximum atomic E-state index is 12.7. The lowest BCUT2D eigenvalue weighted by molar-refractivity contribution is -0.136. The third-order valence-corrected chi connectivity index (χ3v) is 6.31. The average Bonchev–Trinajstić information content (AvgIpc) is 3.20. The van der Waals surface area contributed by atoms with Crippen LogP contribution in [0.4, 0.5) is 0 Å². The van der Waals surface area contributed by atoms with Crippen molar-refractivity contribution in [1.29, 1.82) is 0 Å². The Kier molecular flexibility index (Phi) is 9.90. The van der Waals surface area contributed by atoms with Gasteiger partial charge in [0.1, 0.15) is 0 Å². The number of guanidine groups is 1. The third-order valence-electron chi connectivity index (χ3n) is 5.36. The molecular formula is C19H32IN5O2S. The van der Waals surface area contributed by atoms with Gasteiger partial charge in [-0.15, -0.1) is 24.0 Å². The molecule has 1 aromatic heterocycles. The molecular weight excluding hydrogens is 489 g/mol. The lowest BCUT2D eigenvalue weighted by Crippen LogP contribution is -2.47. The number of aromatic nitrogens is 1. The highest BCUT2D eigenvalue weighted by Gasteiger charge is 2.30. The van der Waals surface area contributed by atoms with Crippen molar-refractivity contribution >= 4 is 47.6 Å². The number of hydrogen-bond donors (Lipinski definition) is 2. The van der Waals surface area contributed by atoms with E-state index in [1.807, 2.05) is 17.8 Å². The van der Waals surface area contributed by atoms with E-state index in [4.69, 9.17) is 4.52 Å². The van der Waals surface area contributed by atoms with Crippen molar-refractivity contribution in [2.75, 3.05) is 31.6 Å². The molecule has 9 heteroatoms. The Morgan fingerprint density at radius 3 is 2.64 bits per heavy atom. The molecule has 0 radical (unpaired) electrons. The number of carbonyl (C=O) groups is 1. The second-order valence-electron chi connectivity index (χ2n) is 7.19. The van der Waals surface area contributed by atoms with E-state index >= 15 is 0 Å². The minimum atomic E-state index is 0. The second-order valence-corrected chi connectivity index (χ2v) is 8.42. The molecule has 158 valence electrons. The van der Waals surface area contributed by atoms with E-state index < -0.39 is 0 Å². The number of nitrogens with one attached hydrogen (secondary N) is 2. The molecule has 0 bridgehead atoms. The van der Waals surface area contributed by atoms with Crippen LogP contribution in [0.15, 0.2) is 15.6 Å².